The number of aromatic amines is 1. The molecule has 0 spiro atoms. The molecule has 3 aliphatic heterocycles. The second-order valence-corrected chi connectivity index (χ2v) is 17.6. The first-order valence-corrected chi connectivity index (χ1v) is 24.8. The molecule has 0 unspecified atom stereocenters. The molecule has 2 saturated heterocycles. The third kappa shape index (κ3) is 13.3. The molecule has 0 atom stereocenters. The second-order valence-electron chi connectivity index (χ2n) is 16.9. The SMILES string of the molecule is C1CCOC1.C1CCOC1.Cc1cc2c(cc1C)N=Cc1ccc([n-]1)C(C)(C)c1ccc([nH]1)C=Nc1cc(C)c(C)cc1N=Cc1ccc([n-]1)C(C)(C)c1ccc([n-]1)C=N2.[Li+].[O]=[U+2]=[O]. The fourth-order valence-corrected chi connectivity index (χ4v) is 7.07. The number of ether oxygens (including phenoxy) is 2. The first kappa shape index (κ1) is 50.4. The van der Waals surface area contributed by atoms with Gasteiger partial charge in [-0.25, -0.2) is 0 Å². The van der Waals surface area contributed by atoms with Gasteiger partial charge in [0.2, 0.25) is 0 Å². The third-order valence-electron chi connectivity index (χ3n) is 11.5. The number of aryl methyl sites for hydroxylation is 4. The number of rotatable bonds is 0. The molecule has 8 bridgehead atoms. The molecule has 6 aromatic rings. The summed E-state index contributed by atoms with van der Waals surface area (Å²) in [4.78, 5) is 37.9. The Morgan fingerprint density at radius 3 is 1.16 bits per heavy atom. The molecular formula is C50H57LiN8O4U. The van der Waals surface area contributed by atoms with Crippen molar-refractivity contribution in [3.8, 4) is 0 Å². The zero-order chi connectivity index (χ0) is 45.0. The fraction of sp³-hybridized carbons (Fsp3) is 0.360. The van der Waals surface area contributed by atoms with Gasteiger partial charge in [-0.15, -0.1) is 22.8 Å². The molecule has 9 rings (SSSR count). The van der Waals surface area contributed by atoms with Crippen LogP contribution in [0, 0.1) is 55.5 Å². The Labute approximate surface area is 404 Å². The Bertz CT molecular complexity index is 2280. The van der Waals surface area contributed by atoms with Crippen molar-refractivity contribution in [1.29, 1.82) is 0 Å². The first-order valence-electron chi connectivity index (χ1n) is 21.4. The van der Waals surface area contributed by atoms with Gasteiger partial charge in [0.15, 0.2) is 0 Å². The molecule has 0 saturated carbocycles. The van der Waals surface area contributed by atoms with Gasteiger partial charge < -0.3 is 29.4 Å². The molecule has 64 heavy (non-hydrogen) atoms. The van der Waals surface area contributed by atoms with E-state index in [1.807, 2.05) is 55.0 Å². The van der Waals surface area contributed by atoms with Crippen molar-refractivity contribution in [3.63, 3.8) is 0 Å². The Morgan fingerprint density at radius 2 is 0.828 bits per heavy atom. The minimum absolute atomic E-state index is 0. The van der Waals surface area contributed by atoms with Crippen molar-refractivity contribution in [1.82, 2.24) is 19.9 Å². The zero-order valence-corrected chi connectivity index (χ0v) is 42.8. The molecule has 0 radical (unpaired) electrons. The number of hydrogen-bond acceptors (Lipinski definition) is 8. The molecule has 0 aliphatic carbocycles. The Hall–Kier alpha value is -4.59. The van der Waals surface area contributed by atoms with Gasteiger partial charge in [-0.2, -0.15) is 11.4 Å². The molecule has 7 heterocycles. The normalized spacial score (nSPS) is 15.8. The van der Waals surface area contributed by atoms with Crippen molar-refractivity contribution >= 4 is 47.6 Å². The van der Waals surface area contributed by atoms with Gasteiger partial charge in [0, 0.05) is 56.2 Å². The summed E-state index contributed by atoms with van der Waals surface area (Å²) in [6.45, 7) is 21.0. The number of hydrogen-bond donors (Lipinski definition) is 1. The molecular weight excluding hydrogens is 1020 g/mol. The van der Waals surface area contributed by atoms with E-state index < -0.39 is 33.2 Å². The van der Waals surface area contributed by atoms with Crippen LogP contribution in [0.15, 0.2) is 92.8 Å². The van der Waals surface area contributed by atoms with E-state index in [1.54, 1.807) is 6.21 Å². The average Bonchev–Trinajstić information content (AvgIpc) is 4.12. The minimum atomic E-state index is -2.51. The van der Waals surface area contributed by atoms with Crippen molar-refractivity contribution < 1.29 is 60.6 Å². The van der Waals surface area contributed by atoms with E-state index >= 15 is 0 Å². The number of nitrogens with one attached hydrogen (secondary N) is 1. The van der Waals surface area contributed by atoms with Crippen molar-refractivity contribution in [3.05, 3.63) is 141 Å². The van der Waals surface area contributed by atoms with E-state index in [9.17, 15) is 0 Å². The van der Waals surface area contributed by atoms with Crippen molar-refractivity contribution in [2.75, 3.05) is 26.4 Å². The number of benzene rings is 2. The summed E-state index contributed by atoms with van der Waals surface area (Å²) in [5, 5.41) is 0. The van der Waals surface area contributed by atoms with Crippen LogP contribution in [0.4, 0.5) is 22.7 Å². The van der Waals surface area contributed by atoms with E-state index in [1.165, 1.54) is 25.7 Å². The van der Waals surface area contributed by atoms with Crippen LogP contribution in [0.5, 0.6) is 0 Å². The topological polar surface area (TPSA) is 160 Å². The molecule has 0 amide bonds. The summed E-state index contributed by atoms with van der Waals surface area (Å²) in [5.41, 5.74) is 14.0. The predicted molar refractivity (Wildman–Crippen MR) is 247 cm³/mol. The van der Waals surface area contributed by atoms with Crippen molar-refractivity contribution in [2.24, 2.45) is 20.0 Å². The second kappa shape index (κ2) is 23.6. The van der Waals surface area contributed by atoms with Gasteiger partial charge in [-0.3, -0.25) is 20.0 Å². The average molecular weight is 1080 g/mol. The van der Waals surface area contributed by atoms with Gasteiger partial charge in [-0.05, 0) is 117 Å². The number of fused-ring (bicyclic) bond motifs is 10. The van der Waals surface area contributed by atoms with Crippen LogP contribution in [0.25, 0.3) is 0 Å². The number of aromatic nitrogens is 4. The van der Waals surface area contributed by atoms with Crippen molar-refractivity contribution in [2.45, 2.75) is 91.9 Å². The molecule has 2 aromatic carbocycles. The van der Waals surface area contributed by atoms with Gasteiger partial charge >= 0.3 is 51.2 Å². The van der Waals surface area contributed by atoms with E-state index in [4.69, 9.17) is 48.9 Å². The standard InChI is InChI=1S/C42H41N8.2C4H8O.Li.2O.U/c1-25-17-33-34(18-26(25)2)44-22-30-10-14-38(48-30)42(7,8)40-16-12-32(50-40)24-46-36-20-28(4)27(3)19-35(36)45-23-31-11-15-39(49-31)41(5,6)37-13-9-29(47-37)21-43-33;2*1-2-4-5-3-1;;;;/h9-24,47H,1-8H3;2*1-4H2;;;;/q-3;;;+1;;;+2. The number of nitrogens with zero attached hydrogens (tertiary/aromatic N) is 7. The van der Waals surface area contributed by atoms with Crippen LogP contribution >= 0.6 is 0 Å². The predicted octanol–water partition coefficient (Wildman–Crippen LogP) is 7.45. The van der Waals surface area contributed by atoms with Gasteiger partial charge in [0.05, 0.1) is 34.7 Å². The van der Waals surface area contributed by atoms with Crippen LogP contribution in [0.1, 0.15) is 121 Å². The Morgan fingerprint density at radius 1 is 0.500 bits per heavy atom. The fourth-order valence-electron chi connectivity index (χ4n) is 7.07. The molecule has 3 aliphatic rings. The third-order valence-corrected chi connectivity index (χ3v) is 11.5. The van der Waals surface area contributed by atoms with Gasteiger partial charge in [0.1, 0.15) is 0 Å². The number of aliphatic imine (C=N–C) groups is 4. The van der Waals surface area contributed by atoms with E-state index in [0.717, 1.165) is 117 Å². The molecule has 326 valence electrons. The van der Waals surface area contributed by atoms with Crippen LogP contribution in [0.3, 0.4) is 0 Å². The number of H-pyrrole nitrogens is 1. The summed E-state index contributed by atoms with van der Waals surface area (Å²) in [5.74, 6) is 0. The summed E-state index contributed by atoms with van der Waals surface area (Å²) >= 11 is -2.51. The quantitative estimate of drug-likeness (QED) is 0.155. The first-order chi connectivity index (χ1) is 30.3. The van der Waals surface area contributed by atoms with Gasteiger partial charge in [0.25, 0.3) is 0 Å². The van der Waals surface area contributed by atoms with Gasteiger partial charge in [-0.1, -0.05) is 64.1 Å². The summed E-state index contributed by atoms with van der Waals surface area (Å²) in [6.07, 6.45) is 12.4. The van der Waals surface area contributed by atoms with Crippen LogP contribution in [0.2, 0.25) is 0 Å². The summed E-state index contributed by atoms with van der Waals surface area (Å²) < 4.78 is 27.1. The Kier molecular flexibility index (Phi) is 18.6. The molecule has 4 aromatic heterocycles. The van der Waals surface area contributed by atoms with E-state index in [-0.39, 0.29) is 24.3 Å². The molecule has 12 nitrogen and oxygen atoms in total. The molecule has 2 fully saturated rings. The van der Waals surface area contributed by atoms with E-state index in [0.29, 0.717) is 0 Å². The van der Waals surface area contributed by atoms with Crippen LogP contribution in [-0.2, 0) is 24.8 Å². The summed E-state index contributed by atoms with van der Waals surface area (Å²) in [6, 6.07) is 24.6. The Balaban J connectivity index is 0.000000476. The van der Waals surface area contributed by atoms with E-state index in [2.05, 4.69) is 96.8 Å². The monoisotopic (exact) mass is 1080 g/mol. The van der Waals surface area contributed by atoms with Crippen LogP contribution in [-0.4, -0.2) is 56.3 Å². The zero-order valence-electron chi connectivity index (χ0n) is 38.7. The molecule has 14 heteroatoms. The maximum atomic E-state index is 8.58. The van der Waals surface area contributed by atoms with Crippen LogP contribution < -0.4 is 33.8 Å². The summed E-state index contributed by atoms with van der Waals surface area (Å²) in [7, 11) is 0. The molecule has 1 N–H and O–H groups in total. The maximum absolute atomic E-state index is 8.58.